The van der Waals surface area contributed by atoms with Crippen molar-refractivity contribution in [2.24, 2.45) is 0 Å². The minimum absolute atomic E-state index is 0.00108. The fourth-order valence-corrected chi connectivity index (χ4v) is 4.41. The van der Waals surface area contributed by atoms with E-state index in [0.717, 1.165) is 47.1 Å². The van der Waals surface area contributed by atoms with Crippen LogP contribution in [0.1, 0.15) is 19.8 Å². The summed E-state index contributed by atoms with van der Waals surface area (Å²) in [6, 6.07) is 15.8. The van der Waals surface area contributed by atoms with Gasteiger partial charge in [0.2, 0.25) is 5.91 Å². The van der Waals surface area contributed by atoms with Crippen LogP contribution in [0, 0.1) is 0 Å². The van der Waals surface area contributed by atoms with Crippen LogP contribution < -0.4 is 10.1 Å². The largest absolute Gasteiger partial charge is 0.497 e. The number of hydrogen-bond donors (Lipinski definition) is 1. The van der Waals surface area contributed by atoms with Crippen molar-refractivity contribution >= 4 is 28.7 Å². The van der Waals surface area contributed by atoms with Crippen molar-refractivity contribution in [3.8, 4) is 11.4 Å². The second-order valence-electron chi connectivity index (χ2n) is 7.06. The Hall–Kier alpha value is -2.51. The molecular weight excluding hydrogens is 386 g/mol. The summed E-state index contributed by atoms with van der Waals surface area (Å²) in [6.07, 6.45) is 2.21. The van der Waals surface area contributed by atoms with Crippen LogP contribution in [0.15, 0.2) is 53.7 Å². The molecule has 7 heteroatoms. The van der Waals surface area contributed by atoms with E-state index in [4.69, 9.17) is 14.5 Å². The van der Waals surface area contributed by atoms with Gasteiger partial charge in [-0.15, -0.1) is 0 Å². The number of hydrogen-bond acceptors (Lipinski definition) is 5. The van der Waals surface area contributed by atoms with E-state index >= 15 is 0 Å². The number of aromatic nitrogens is 2. The molecule has 0 aliphatic carbocycles. The number of fused-ring (bicyclic) bond motifs is 1. The van der Waals surface area contributed by atoms with Crippen molar-refractivity contribution in [1.82, 2.24) is 14.9 Å². The monoisotopic (exact) mass is 411 g/mol. The minimum Gasteiger partial charge on any atom is -0.497 e. The number of amides is 1. The lowest BCUT2D eigenvalue weighted by Gasteiger charge is -2.15. The van der Waals surface area contributed by atoms with Gasteiger partial charge in [0, 0.05) is 18.8 Å². The van der Waals surface area contributed by atoms with Crippen LogP contribution >= 0.6 is 11.8 Å². The van der Waals surface area contributed by atoms with Crippen LogP contribution in [0.2, 0.25) is 0 Å². The lowest BCUT2D eigenvalue weighted by molar-refractivity contribution is -0.120. The van der Waals surface area contributed by atoms with Gasteiger partial charge < -0.3 is 14.8 Å². The molecule has 1 aromatic heterocycles. The van der Waals surface area contributed by atoms with E-state index in [1.165, 1.54) is 11.8 Å². The minimum atomic E-state index is -0.273. The molecule has 29 heavy (non-hydrogen) atoms. The van der Waals surface area contributed by atoms with Crippen LogP contribution in [0.3, 0.4) is 0 Å². The zero-order valence-corrected chi connectivity index (χ0v) is 17.4. The lowest BCUT2D eigenvalue weighted by Crippen LogP contribution is -2.36. The highest BCUT2D eigenvalue weighted by Gasteiger charge is 2.22. The maximum Gasteiger partial charge on any atom is 0.233 e. The second-order valence-corrected chi connectivity index (χ2v) is 8.36. The van der Waals surface area contributed by atoms with E-state index < -0.39 is 0 Å². The summed E-state index contributed by atoms with van der Waals surface area (Å²) in [5.41, 5.74) is 2.89. The molecule has 0 spiro atoms. The number of carbonyl (C=O) groups is 1. The number of benzene rings is 2. The highest BCUT2D eigenvalue weighted by atomic mass is 32.2. The molecule has 0 bridgehead atoms. The Morgan fingerprint density at radius 3 is 2.83 bits per heavy atom. The Morgan fingerprint density at radius 1 is 1.31 bits per heavy atom. The van der Waals surface area contributed by atoms with Crippen LogP contribution in [0.25, 0.3) is 16.7 Å². The third-order valence-electron chi connectivity index (χ3n) is 5.04. The molecule has 1 saturated heterocycles. The van der Waals surface area contributed by atoms with Crippen LogP contribution in [-0.4, -0.2) is 47.1 Å². The number of para-hydroxylation sites is 2. The summed E-state index contributed by atoms with van der Waals surface area (Å²) in [7, 11) is 1.65. The second kappa shape index (κ2) is 8.88. The first-order chi connectivity index (χ1) is 14.2. The Balaban J connectivity index is 1.56. The predicted molar refractivity (Wildman–Crippen MR) is 115 cm³/mol. The van der Waals surface area contributed by atoms with Gasteiger partial charge >= 0.3 is 0 Å². The molecule has 2 heterocycles. The van der Waals surface area contributed by atoms with Crippen molar-refractivity contribution in [2.75, 3.05) is 20.3 Å². The normalized spacial score (nSPS) is 17.4. The van der Waals surface area contributed by atoms with E-state index in [2.05, 4.69) is 9.88 Å². The van der Waals surface area contributed by atoms with Crippen molar-refractivity contribution in [3.05, 3.63) is 48.5 Å². The molecule has 4 rings (SSSR count). The number of nitrogens with zero attached hydrogens (tertiary/aromatic N) is 2. The van der Waals surface area contributed by atoms with Crippen LogP contribution in [0.5, 0.6) is 5.75 Å². The summed E-state index contributed by atoms with van der Waals surface area (Å²) in [5, 5.41) is 3.53. The van der Waals surface area contributed by atoms with Gasteiger partial charge in [-0.2, -0.15) is 0 Å². The standard InChI is InChI=1S/C22H25N3O3S/c1-15(21(26)23-14-18-6-5-13-28-18)29-22-24-19-7-3-4-8-20(19)25(22)16-9-11-17(27-2)12-10-16/h3-4,7-12,15,18H,5-6,13-14H2,1-2H3,(H,23,26)/t15-,18+/m1/s1. The lowest BCUT2D eigenvalue weighted by atomic mass is 10.2. The number of methoxy groups -OCH3 is 1. The topological polar surface area (TPSA) is 65.4 Å². The van der Waals surface area contributed by atoms with Crippen molar-refractivity contribution in [1.29, 1.82) is 0 Å². The Labute approximate surface area is 174 Å². The third-order valence-corrected chi connectivity index (χ3v) is 6.09. The van der Waals surface area contributed by atoms with Crippen molar-refractivity contribution < 1.29 is 14.3 Å². The average molecular weight is 412 g/mol. The fourth-order valence-electron chi connectivity index (χ4n) is 3.44. The fraction of sp³-hybridized carbons (Fsp3) is 0.364. The molecule has 1 fully saturated rings. The summed E-state index contributed by atoms with van der Waals surface area (Å²) in [6.45, 7) is 3.27. The molecule has 0 unspecified atom stereocenters. The van der Waals surface area contributed by atoms with Crippen molar-refractivity contribution in [2.45, 2.75) is 36.3 Å². The molecule has 1 aliphatic heterocycles. The van der Waals surface area contributed by atoms with Gasteiger partial charge in [0.1, 0.15) is 5.75 Å². The van der Waals surface area contributed by atoms with Crippen molar-refractivity contribution in [3.63, 3.8) is 0 Å². The molecular formula is C22H25N3O3S. The molecule has 152 valence electrons. The van der Waals surface area contributed by atoms with E-state index in [-0.39, 0.29) is 17.3 Å². The van der Waals surface area contributed by atoms with E-state index in [1.54, 1.807) is 7.11 Å². The summed E-state index contributed by atoms with van der Waals surface area (Å²) >= 11 is 1.46. The molecule has 0 radical (unpaired) electrons. The molecule has 3 aromatic rings. The highest BCUT2D eigenvalue weighted by Crippen LogP contribution is 2.31. The van der Waals surface area contributed by atoms with Gasteiger partial charge in [-0.25, -0.2) is 4.98 Å². The first-order valence-corrected chi connectivity index (χ1v) is 10.7. The molecule has 0 saturated carbocycles. The zero-order chi connectivity index (χ0) is 20.2. The molecule has 2 aromatic carbocycles. The van der Waals surface area contributed by atoms with E-state index in [9.17, 15) is 4.79 Å². The highest BCUT2D eigenvalue weighted by molar-refractivity contribution is 8.00. The molecule has 6 nitrogen and oxygen atoms in total. The number of ether oxygens (including phenoxy) is 2. The Bertz CT molecular complexity index is 981. The SMILES string of the molecule is COc1ccc(-n2c(S[C@H](C)C(=O)NC[C@@H]3CCCO3)nc3ccccc32)cc1. The smallest absolute Gasteiger partial charge is 0.233 e. The zero-order valence-electron chi connectivity index (χ0n) is 16.6. The third kappa shape index (κ3) is 4.41. The number of rotatable bonds is 7. The average Bonchev–Trinajstić information content (AvgIpc) is 3.39. The summed E-state index contributed by atoms with van der Waals surface area (Å²) < 4.78 is 13.0. The quantitative estimate of drug-likeness (QED) is 0.599. The maximum absolute atomic E-state index is 12.6. The van der Waals surface area contributed by atoms with E-state index in [1.807, 2.05) is 55.5 Å². The first-order valence-electron chi connectivity index (χ1n) is 9.83. The molecule has 1 amide bonds. The van der Waals surface area contributed by atoms with Gasteiger partial charge in [0.25, 0.3) is 0 Å². The molecule has 1 N–H and O–H groups in total. The van der Waals surface area contributed by atoms with Gasteiger partial charge in [-0.1, -0.05) is 23.9 Å². The number of imidazole rings is 1. The molecule has 1 aliphatic rings. The Morgan fingerprint density at radius 2 is 2.10 bits per heavy atom. The first kappa shape index (κ1) is 19.8. The summed E-state index contributed by atoms with van der Waals surface area (Å²) in [5.74, 6) is 0.799. The van der Waals surface area contributed by atoms with Gasteiger partial charge in [0.05, 0.1) is 29.5 Å². The molecule has 2 atom stereocenters. The Kier molecular flexibility index (Phi) is 6.06. The summed E-state index contributed by atoms with van der Waals surface area (Å²) in [4.78, 5) is 17.4. The van der Waals surface area contributed by atoms with Gasteiger partial charge in [0.15, 0.2) is 5.16 Å². The van der Waals surface area contributed by atoms with E-state index in [0.29, 0.717) is 6.54 Å². The van der Waals surface area contributed by atoms with Crippen LogP contribution in [0.4, 0.5) is 0 Å². The maximum atomic E-state index is 12.6. The number of thioether (sulfide) groups is 1. The van der Waals surface area contributed by atoms with Gasteiger partial charge in [-0.3, -0.25) is 9.36 Å². The predicted octanol–water partition coefficient (Wildman–Crippen LogP) is 3.81. The number of nitrogens with one attached hydrogen (secondary N) is 1. The van der Waals surface area contributed by atoms with Gasteiger partial charge in [-0.05, 0) is 56.2 Å². The number of carbonyl (C=O) groups excluding carboxylic acids is 1. The van der Waals surface area contributed by atoms with Crippen LogP contribution in [-0.2, 0) is 9.53 Å².